The van der Waals surface area contributed by atoms with E-state index in [0.29, 0.717) is 6.54 Å². The third kappa shape index (κ3) is 4.77. The number of amides is 3. The van der Waals surface area contributed by atoms with Crippen molar-refractivity contribution in [3.05, 3.63) is 0 Å². The smallest absolute Gasteiger partial charge is 0.321 e. The molecule has 0 aromatic carbocycles. The lowest BCUT2D eigenvalue weighted by Crippen LogP contribution is -2.41. The Kier molecular flexibility index (Phi) is 3.87. The van der Waals surface area contributed by atoms with Crippen LogP contribution in [0.25, 0.3) is 0 Å². The van der Waals surface area contributed by atoms with Crippen molar-refractivity contribution in [3.8, 4) is 0 Å². The first-order valence-electron chi connectivity index (χ1n) is 5.21. The Balaban J connectivity index is 2.13. The predicted octanol–water partition coefficient (Wildman–Crippen LogP) is 0.477. The zero-order chi connectivity index (χ0) is 12.2. The lowest BCUT2D eigenvalue weighted by atomic mass is 10.1. The fraction of sp³-hybridized carbons (Fsp3) is 0.700. The standard InChI is InChI=1S/C10H16N2O4/c1-10(4-5-10)6-11-9(16)12-7(13)2-3-8(14)15/h2-6H2,1H3,(H,14,15)(H2,11,12,13,16). The van der Waals surface area contributed by atoms with Crippen molar-refractivity contribution in [3.63, 3.8) is 0 Å². The van der Waals surface area contributed by atoms with Crippen molar-refractivity contribution in [1.29, 1.82) is 0 Å². The number of carbonyl (C=O) groups is 3. The van der Waals surface area contributed by atoms with Crippen LogP contribution in [0, 0.1) is 5.41 Å². The van der Waals surface area contributed by atoms with Crippen LogP contribution >= 0.6 is 0 Å². The molecule has 0 unspecified atom stereocenters. The molecule has 3 N–H and O–H groups in total. The molecule has 3 amide bonds. The maximum Gasteiger partial charge on any atom is 0.321 e. The van der Waals surface area contributed by atoms with E-state index in [-0.39, 0.29) is 18.3 Å². The van der Waals surface area contributed by atoms with Gasteiger partial charge in [-0.3, -0.25) is 14.9 Å². The number of rotatable bonds is 5. The van der Waals surface area contributed by atoms with Gasteiger partial charge in [0.15, 0.2) is 0 Å². The second-order valence-corrected chi connectivity index (χ2v) is 4.44. The molecular formula is C10H16N2O4. The molecule has 6 nitrogen and oxygen atoms in total. The van der Waals surface area contributed by atoms with Crippen LogP contribution < -0.4 is 10.6 Å². The first-order chi connectivity index (χ1) is 7.41. The van der Waals surface area contributed by atoms with Gasteiger partial charge in [-0.25, -0.2) is 4.79 Å². The quantitative estimate of drug-likeness (QED) is 0.637. The van der Waals surface area contributed by atoms with E-state index in [2.05, 4.69) is 17.6 Å². The highest BCUT2D eigenvalue weighted by atomic mass is 16.4. The highest BCUT2D eigenvalue weighted by Gasteiger charge is 2.37. The second-order valence-electron chi connectivity index (χ2n) is 4.44. The third-order valence-corrected chi connectivity index (χ3v) is 2.60. The van der Waals surface area contributed by atoms with E-state index in [9.17, 15) is 14.4 Å². The summed E-state index contributed by atoms with van der Waals surface area (Å²) < 4.78 is 0. The van der Waals surface area contributed by atoms with Crippen LogP contribution in [0.5, 0.6) is 0 Å². The molecule has 0 spiro atoms. The van der Waals surface area contributed by atoms with E-state index in [1.54, 1.807) is 0 Å². The average Bonchev–Trinajstić information content (AvgIpc) is 2.91. The molecular weight excluding hydrogens is 212 g/mol. The Hall–Kier alpha value is -1.59. The lowest BCUT2D eigenvalue weighted by Gasteiger charge is -2.10. The Morgan fingerprint density at radius 1 is 1.25 bits per heavy atom. The number of carboxylic acids is 1. The number of nitrogens with one attached hydrogen (secondary N) is 2. The number of hydrogen-bond acceptors (Lipinski definition) is 3. The molecule has 0 aliphatic heterocycles. The first kappa shape index (κ1) is 12.5. The van der Waals surface area contributed by atoms with Gasteiger partial charge < -0.3 is 10.4 Å². The Bertz CT molecular complexity index is 310. The van der Waals surface area contributed by atoms with Gasteiger partial charge in [-0.15, -0.1) is 0 Å². The molecule has 0 heterocycles. The summed E-state index contributed by atoms with van der Waals surface area (Å²) in [6, 6.07) is -0.552. The van der Waals surface area contributed by atoms with E-state index in [1.165, 1.54) is 0 Å². The summed E-state index contributed by atoms with van der Waals surface area (Å²) in [5, 5.41) is 13.0. The minimum absolute atomic E-state index is 0.181. The summed E-state index contributed by atoms with van der Waals surface area (Å²) in [5.74, 6) is -1.62. The molecule has 1 aliphatic rings. The monoisotopic (exact) mass is 228 g/mol. The number of aliphatic carboxylic acids is 1. The summed E-state index contributed by atoms with van der Waals surface area (Å²) in [6.45, 7) is 2.60. The van der Waals surface area contributed by atoms with Crippen molar-refractivity contribution < 1.29 is 19.5 Å². The molecule has 0 aromatic rings. The van der Waals surface area contributed by atoms with E-state index in [0.717, 1.165) is 12.8 Å². The van der Waals surface area contributed by atoms with Crippen molar-refractivity contribution in [2.24, 2.45) is 5.41 Å². The minimum Gasteiger partial charge on any atom is -0.481 e. The van der Waals surface area contributed by atoms with Crippen LogP contribution in [0.1, 0.15) is 32.6 Å². The number of urea groups is 1. The van der Waals surface area contributed by atoms with Crippen molar-refractivity contribution in [2.45, 2.75) is 32.6 Å². The molecule has 0 aromatic heterocycles. The zero-order valence-corrected chi connectivity index (χ0v) is 9.21. The van der Waals surface area contributed by atoms with Gasteiger partial charge >= 0.3 is 12.0 Å². The van der Waals surface area contributed by atoms with E-state index in [4.69, 9.17) is 5.11 Å². The van der Waals surface area contributed by atoms with Gasteiger partial charge in [0, 0.05) is 13.0 Å². The van der Waals surface area contributed by atoms with Gasteiger partial charge in [0.1, 0.15) is 0 Å². The normalized spacial score (nSPS) is 16.3. The van der Waals surface area contributed by atoms with E-state index in [1.807, 2.05) is 0 Å². The van der Waals surface area contributed by atoms with Gasteiger partial charge in [-0.2, -0.15) is 0 Å². The highest BCUT2D eigenvalue weighted by Crippen LogP contribution is 2.43. The maximum absolute atomic E-state index is 11.2. The fourth-order valence-electron chi connectivity index (χ4n) is 1.14. The molecule has 90 valence electrons. The second kappa shape index (κ2) is 4.96. The third-order valence-electron chi connectivity index (χ3n) is 2.60. The topological polar surface area (TPSA) is 95.5 Å². The van der Waals surface area contributed by atoms with Gasteiger partial charge in [0.05, 0.1) is 6.42 Å². The molecule has 1 fully saturated rings. The number of hydrogen-bond donors (Lipinski definition) is 3. The molecule has 16 heavy (non-hydrogen) atoms. The number of carbonyl (C=O) groups excluding carboxylic acids is 2. The molecule has 0 atom stereocenters. The van der Waals surface area contributed by atoms with E-state index < -0.39 is 17.9 Å². The number of imide groups is 1. The van der Waals surface area contributed by atoms with Gasteiger partial charge in [-0.05, 0) is 18.3 Å². The van der Waals surface area contributed by atoms with Crippen LogP contribution in [0.15, 0.2) is 0 Å². The van der Waals surface area contributed by atoms with Gasteiger partial charge in [0.2, 0.25) is 5.91 Å². The summed E-state index contributed by atoms with van der Waals surface area (Å²) in [7, 11) is 0. The van der Waals surface area contributed by atoms with Crippen molar-refractivity contribution >= 4 is 17.9 Å². The summed E-state index contributed by atoms with van der Waals surface area (Å²) in [4.78, 5) is 32.4. The summed E-state index contributed by atoms with van der Waals surface area (Å²) in [5.41, 5.74) is 0.182. The first-order valence-corrected chi connectivity index (χ1v) is 5.21. The molecule has 0 saturated heterocycles. The molecule has 0 radical (unpaired) electrons. The van der Waals surface area contributed by atoms with Crippen LogP contribution in [-0.4, -0.2) is 29.6 Å². The van der Waals surface area contributed by atoms with Crippen molar-refractivity contribution in [1.82, 2.24) is 10.6 Å². The van der Waals surface area contributed by atoms with Crippen LogP contribution in [0.4, 0.5) is 4.79 Å². The molecule has 1 aliphatic carbocycles. The van der Waals surface area contributed by atoms with E-state index >= 15 is 0 Å². The Labute approximate surface area is 93.4 Å². The predicted molar refractivity (Wildman–Crippen MR) is 55.8 cm³/mol. The largest absolute Gasteiger partial charge is 0.481 e. The zero-order valence-electron chi connectivity index (χ0n) is 9.21. The Morgan fingerprint density at radius 2 is 1.88 bits per heavy atom. The molecule has 1 saturated carbocycles. The average molecular weight is 228 g/mol. The highest BCUT2D eigenvalue weighted by molar-refractivity contribution is 5.95. The Morgan fingerprint density at radius 3 is 2.38 bits per heavy atom. The lowest BCUT2D eigenvalue weighted by molar-refractivity contribution is -0.138. The number of carboxylic acid groups (broad SMARTS) is 1. The maximum atomic E-state index is 11.2. The van der Waals surface area contributed by atoms with Crippen LogP contribution in [0.3, 0.4) is 0 Å². The SMILES string of the molecule is CC1(CNC(=O)NC(=O)CCC(=O)O)CC1. The van der Waals surface area contributed by atoms with Gasteiger partial charge in [-0.1, -0.05) is 6.92 Å². The van der Waals surface area contributed by atoms with Crippen LogP contribution in [-0.2, 0) is 9.59 Å². The molecule has 6 heteroatoms. The van der Waals surface area contributed by atoms with Crippen LogP contribution in [0.2, 0.25) is 0 Å². The summed E-state index contributed by atoms with van der Waals surface area (Å²) >= 11 is 0. The summed E-state index contributed by atoms with van der Waals surface area (Å²) in [6.07, 6.45) is 1.72. The minimum atomic E-state index is -1.05. The molecule has 1 rings (SSSR count). The molecule has 0 bridgehead atoms. The fourth-order valence-corrected chi connectivity index (χ4v) is 1.14. The van der Waals surface area contributed by atoms with Crippen molar-refractivity contribution in [2.75, 3.05) is 6.54 Å². The van der Waals surface area contributed by atoms with Gasteiger partial charge in [0.25, 0.3) is 0 Å².